The highest BCUT2D eigenvalue weighted by Gasteiger charge is 2.33. The fourth-order valence-corrected chi connectivity index (χ4v) is 5.80. The number of amides is 1. The van der Waals surface area contributed by atoms with Gasteiger partial charge < -0.3 is 29.6 Å². The Bertz CT molecular complexity index is 1550. The topological polar surface area (TPSA) is 83.2 Å². The average Bonchev–Trinajstić information content (AvgIpc) is 3.38. The maximum Gasteiger partial charge on any atom is 0.254 e. The summed E-state index contributed by atoms with van der Waals surface area (Å²) in [6.07, 6.45) is 8.73. The number of halogens is 1. The Morgan fingerprint density at radius 1 is 1.15 bits per heavy atom. The van der Waals surface area contributed by atoms with Gasteiger partial charge in [0.25, 0.3) is 5.91 Å². The van der Waals surface area contributed by atoms with Crippen LogP contribution in [0.25, 0.3) is 33.6 Å². The van der Waals surface area contributed by atoms with Crippen LogP contribution in [-0.4, -0.2) is 94.2 Å². The lowest BCUT2D eigenvalue weighted by Crippen LogP contribution is -2.50. The molecule has 0 spiro atoms. The Morgan fingerprint density at radius 2 is 1.98 bits per heavy atom. The molecule has 2 N–H and O–H groups in total. The molecule has 2 aliphatic rings. The number of nitrogens with zero attached hydrogens (tertiary/aromatic N) is 6. The second-order valence-electron chi connectivity index (χ2n) is 11.6. The third kappa shape index (κ3) is 6.04. The van der Waals surface area contributed by atoms with E-state index in [1.165, 1.54) is 12.8 Å². The number of rotatable bonds is 10. The molecule has 4 aromatic rings. The number of benzene rings is 1. The highest BCUT2D eigenvalue weighted by molar-refractivity contribution is 5.98. The lowest BCUT2D eigenvalue weighted by atomic mass is 10.1. The fraction of sp³-hybridized carbons (Fsp3) is 0.452. The van der Waals surface area contributed by atoms with Gasteiger partial charge in [-0.1, -0.05) is 12.2 Å². The van der Waals surface area contributed by atoms with Crippen molar-refractivity contribution in [2.24, 2.45) is 13.0 Å². The summed E-state index contributed by atoms with van der Waals surface area (Å²) >= 11 is 0. The number of likely N-dealkylation sites (N-methyl/N-ethyl adjacent to an activating group) is 2. The number of nitrogens with one attached hydrogen (secondary N) is 2. The van der Waals surface area contributed by atoms with Crippen molar-refractivity contribution in [3.8, 4) is 11.5 Å². The lowest BCUT2D eigenvalue weighted by Gasteiger charge is -2.29. The van der Waals surface area contributed by atoms with Gasteiger partial charge in [0.15, 0.2) is 5.82 Å². The first kappa shape index (κ1) is 29.3. The van der Waals surface area contributed by atoms with Crippen molar-refractivity contribution in [3.63, 3.8) is 0 Å². The van der Waals surface area contributed by atoms with Gasteiger partial charge in [-0.3, -0.25) is 4.79 Å². The van der Waals surface area contributed by atoms with Crippen molar-refractivity contribution >= 4 is 40.4 Å². The van der Waals surface area contributed by atoms with Gasteiger partial charge in [-0.2, -0.15) is 0 Å². The third-order valence-corrected chi connectivity index (χ3v) is 8.29. The molecular formula is C31H41ClN8O. The largest absolute Gasteiger partial charge is 0.336 e. The van der Waals surface area contributed by atoms with Gasteiger partial charge in [0.05, 0.1) is 22.8 Å². The number of pyridine rings is 1. The highest BCUT2D eigenvalue weighted by Crippen LogP contribution is 2.36. The summed E-state index contributed by atoms with van der Waals surface area (Å²) < 4.78 is 4.46. The van der Waals surface area contributed by atoms with Crippen LogP contribution in [0.3, 0.4) is 0 Å². The first-order valence-electron chi connectivity index (χ1n) is 14.3. The van der Waals surface area contributed by atoms with E-state index in [0.29, 0.717) is 11.5 Å². The van der Waals surface area contributed by atoms with Gasteiger partial charge in [0, 0.05) is 70.0 Å². The van der Waals surface area contributed by atoms with Crippen LogP contribution in [-0.2, 0) is 13.6 Å². The van der Waals surface area contributed by atoms with Crippen molar-refractivity contribution in [2.45, 2.75) is 31.5 Å². The number of carbonyl (C=O) groups excluding carboxylic acids is 1. The molecule has 1 aromatic carbocycles. The van der Waals surface area contributed by atoms with E-state index in [1.807, 2.05) is 42.4 Å². The van der Waals surface area contributed by atoms with Crippen LogP contribution in [0.4, 0.5) is 0 Å². The van der Waals surface area contributed by atoms with Gasteiger partial charge in [0.2, 0.25) is 0 Å². The molecule has 3 aromatic heterocycles. The van der Waals surface area contributed by atoms with Crippen molar-refractivity contribution in [1.29, 1.82) is 0 Å². The standard InChI is InChI=1S/C31H40N8O.ClH/c1-36(2)15-6-5-13-33-25-18-32-19-28(25)38(4)31(40)23-11-12-26-24(16-23)35-30(37(26)3)27-17-22-8-7-14-34-29(22)39(27)20-21-9-10-21;/h5-8,11-12,14,16-17,21,25,28,32-33H,9-10,13,15,18-20H2,1-4H3;1H/b6-5+;/t25-,28-;/m1./s1. The molecule has 4 heterocycles. The number of aromatic nitrogens is 4. The number of hydrogen-bond acceptors (Lipinski definition) is 6. The Balaban J connectivity index is 0.00000337. The number of hydrogen-bond donors (Lipinski definition) is 2. The molecule has 1 aliphatic heterocycles. The first-order valence-corrected chi connectivity index (χ1v) is 14.3. The van der Waals surface area contributed by atoms with Crippen LogP contribution in [0.1, 0.15) is 23.2 Å². The van der Waals surface area contributed by atoms with E-state index in [1.54, 1.807) is 0 Å². The molecule has 2 fully saturated rings. The normalized spacial score (nSPS) is 19.0. The molecule has 218 valence electrons. The predicted molar refractivity (Wildman–Crippen MR) is 168 cm³/mol. The van der Waals surface area contributed by atoms with E-state index >= 15 is 0 Å². The van der Waals surface area contributed by atoms with Crippen molar-refractivity contribution in [3.05, 3.63) is 60.3 Å². The van der Waals surface area contributed by atoms with Gasteiger partial charge >= 0.3 is 0 Å². The zero-order valence-corrected chi connectivity index (χ0v) is 25.2. The summed E-state index contributed by atoms with van der Waals surface area (Å²) in [5.41, 5.74) is 4.59. The molecule has 0 bridgehead atoms. The van der Waals surface area contributed by atoms with Crippen LogP contribution in [0.15, 0.2) is 54.7 Å². The van der Waals surface area contributed by atoms with Gasteiger partial charge in [0.1, 0.15) is 5.65 Å². The zero-order chi connectivity index (χ0) is 27.8. The van der Waals surface area contributed by atoms with Crippen LogP contribution in [0.5, 0.6) is 0 Å². The second-order valence-corrected chi connectivity index (χ2v) is 11.6. The van der Waals surface area contributed by atoms with Gasteiger partial charge in [-0.15, -0.1) is 12.4 Å². The number of imidazole rings is 1. The van der Waals surface area contributed by atoms with E-state index in [-0.39, 0.29) is 30.4 Å². The fourth-order valence-electron chi connectivity index (χ4n) is 5.80. The minimum atomic E-state index is 0. The summed E-state index contributed by atoms with van der Waals surface area (Å²) in [5.74, 6) is 1.63. The Morgan fingerprint density at radius 3 is 2.76 bits per heavy atom. The number of fused-ring (bicyclic) bond motifs is 2. The lowest BCUT2D eigenvalue weighted by molar-refractivity contribution is 0.0725. The van der Waals surface area contributed by atoms with E-state index < -0.39 is 0 Å². The van der Waals surface area contributed by atoms with Crippen molar-refractivity contribution in [1.82, 2.24) is 39.5 Å². The van der Waals surface area contributed by atoms with E-state index in [9.17, 15) is 4.79 Å². The number of carbonyl (C=O) groups is 1. The maximum atomic E-state index is 13.6. The Hall–Kier alpha value is -3.24. The molecule has 9 nitrogen and oxygen atoms in total. The van der Waals surface area contributed by atoms with Crippen LogP contribution in [0.2, 0.25) is 0 Å². The molecule has 10 heteroatoms. The van der Waals surface area contributed by atoms with Crippen molar-refractivity contribution < 1.29 is 4.79 Å². The summed E-state index contributed by atoms with van der Waals surface area (Å²) in [4.78, 5) is 27.4. The molecule has 41 heavy (non-hydrogen) atoms. The molecule has 6 rings (SSSR count). The van der Waals surface area contributed by atoms with Gasteiger partial charge in [-0.05, 0) is 69.3 Å². The maximum absolute atomic E-state index is 13.6. The predicted octanol–water partition coefficient (Wildman–Crippen LogP) is 3.54. The summed E-state index contributed by atoms with van der Waals surface area (Å²) in [7, 11) is 8.09. The van der Waals surface area contributed by atoms with Crippen molar-refractivity contribution in [2.75, 3.05) is 47.3 Å². The smallest absolute Gasteiger partial charge is 0.254 e. The zero-order valence-electron chi connectivity index (χ0n) is 24.4. The summed E-state index contributed by atoms with van der Waals surface area (Å²) in [5, 5.41) is 8.18. The Labute approximate surface area is 248 Å². The van der Waals surface area contributed by atoms with E-state index in [4.69, 9.17) is 4.98 Å². The molecule has 1 amide bonds. The van der Waals surface area contributed by atoms with E-state index in [0.717, 1.165) is 66.3 Å². The molecule has 1 saturated heterocycles. The monoisotopic (exact) mass is 576 g/mol. The average molecular weight is 577 g/mol. The van der Waals surface area contributed by atoms with Gasteiger partial charge in [-0.25, -0.2) is 9.97 Å². The summed E-state index contributed by atoms with van der Waals surface area (Å²) in [6, 6.07) is 12.5. The minimum absolute atomic E-state index is 0. The molecule has 2 atom stereocenters. The molecule has 0 radical (unpaired) electrons. The molecular weight excluding hydrogens is 536 g/mol. The van der Waals surface area contributed by atoms with E-state index in [2.05, 4.69) is 75.1 Å². The number of aryl methyl sites for hydroxylation is 1. The highest BCUT2D eigenvalue weighted by atomic mass is 35.5. The molecule has 1 aliphatic carbocycles. The molecule has 1 saturated carbocycles. The first-order chi connectivity index (χ1) is 19.4. The second kappa shape index (κ2) is 12.3. The van der Waals surface area contributed by atoms with Crippen LogP contribution in [0, 0.1) is 5.92 Å². The quantitative estimate of drug-likeness (QED) is 0.281. The summed E-state index contributed by atoms with van der Waals surface area (Å²) in [6.45, 7) is 4.29. The Kier molecular flexibility index (Phi) is 8.79. The molecule has 0 unspecified atom stereocenters. The minimum Gasteiger partial charge on any atom is -0.336 e. The van der Waals surface area contributed by atoms with Crippen LogP contribution < -0.4 is 10.6 Å². The third-order valence-electron chi connectivity index (χ3n) is 8.29. The SMILES string of the molecule is CN(C)C/C=C/CN[C@@H]1CNC[C@H]1N(C)C(=O)c1ccc2c(c1)nc(-c1cc3cccnc3n1CC1CC1)n2C.Cl. The van der Waals surface area contributed by atoms with Crippen LogP contribution >= 0.6 is 12.4 Å².